The number of ether oxygens (including phenoxy) is 1. The highest BCUT2D eigenvalue weighted by atomic mass is 16.5. The van der Waals surface area contributed by atoms with Crippen molar-refractivity contribution in [3.63, 3.8) is 0 Å². The van der Waals surface area contributed by atoms with Gasteiger partial charge in [0.25, 0.3) is 0 Å². The SMILES string of the molecule is CCCN(CCC)CC(=O)COCC. The molecule has 0 aliphatic heterocycles. The maximum atomic E-state index is 11.4. The van der Waals surface area contributed by atoms with E-state index >= 15 is 0 Å². The van der Waals surface area contributed by atoms with Crippen LogP contribution >= 0.6 is 0 Å². The third kappa shape index (κ3) is 7.04. The molecule has 14 heavy (non-hydrogen) atoms. The standard InChI is InChI=1S/C11H23NO2/c1-4-7-12(8-5-2)9-11(13)10-14-6-3/h4-10H2,1-3H3. The van der Waals surface area contributed by atoms with Crippen molar-refractivity contribution in [1.82, 2.24) is 4.90 Å². The Bertz CT molecular complexity index is 142. The fourth-order valence-electron chi connectivity index (χ4n) is 1.41. The molecule has 0 rings (SSSR count). The molecule has 84 valence electrons. The molecule has 0 bridgehead atoms. The third-order valence-electron chi connectivity index (χ3n) is 1.95. The zero-order valence-corrected chi connectivity index (χ0v) is 9.71. The summed E-state index contributed by atoms with van der Waals surface area (Å²) in [7, 11) is 0. The number of hydrogen-bond acceptors (Lipinski definition) is 3. The summed E-state index contributed by atoms with van der Waals surface area (Å²) in [4.78, 5) is 13.6. The summed E-state index contributed by atoms with van der Waals surface area (Å²) in [6.45, 7) is 9.61. The number of ketones is 1. The fourth-order valence-corrected chi connectivity index (χ4v) is 1.41. The molecule has 0 aromatic heterocycles. The molecule has 3 nitrogen and oxygen atoms in total. The van der Waals surface area contributed by atoms with Crippen LogP contribution in [0.5, 0.6) is 0 Å². The number of hydrogen-bond donors (Lipinski definition) is 0. The lowest BCUT2D eigenvalue weighted by Gasteiger charge is -2.19. The average Bonchev–Trinajstić information content (AvgIpc) is 2.15. The highest BCUT2D eigenvalue weighted by Crippen LogP contribution is 1.94. The molecule has 0 amide bonds. The van der Waals surface area contributed by atoms with Crippen LogP contribution in [-0.4, -0.2) is 43.5 Å². The van der Waals surface area contributed by atoms with Crippen LogP contribution in [0.3, 0.4) is 0 Å². The Morgan fingerprint density at radius 2 is 1.71 bits per heavy atom. The van der Waals surface area contributed by atoms with E-state index < -0.39 is 0 Å². The van der Waals surface area contributed by atoms with Crippen LogP contribution in [0.2, 0.25) is 0 Å². The van der Waals surface area contributed by atoms with Gasteiger partial charge in [0.05, 0.1) is 6.54 Å². The lowest BCUT2D eigenvalue weighted by Crippen LogP contribution is -2.33. The maximum Gasteiger partial charge on any atom is 0.172 e. The topological polar surface area (TPSA) is 29.5 Å². The Labute approximate surface area is 87.4 Å². The second-order valence-electron chi connectivity index (χ2n) is 3.45. The lowest BCUT2D eigenvalue weighted by molar-refractivity contribution is -0.124. The molecule has 0 heterocycles. The van der Waals surface area contributed by atoms with Gasteiger partial charge < -0.3 is 4.74 Å². The van der Waals surface area contributed by atoms with Gasteiger partial charge in [-0.1, -0.05) is 13.8 Å². The molecular formula is C11H23NO2. The van der Waals surface area contributed by atoms with E-state index in [4.69, 9.17) is 4.74 Å². The van der Waals surface area contributed by atoms with Gasteiger partial charge in [0.15, 0.2) is 5.78 Å². The highest BCUT2D eigenvalue weighted by molar-refractivity contribution is 5.81. The molecule has 0 unspecified atom stereocenters. The van der Waals surface area contributed by atoms with E-state index in [-0.39, 0.29) is 12.4 Å². The first-order valence-corrected chi connectivity index (χ1v) is 5.56. The van der Waals surface area contributed by atoms with Gasteiger partial charge in [-0.05, 0) is 32.9 Å². The first-order chi connectivity index (χ1) is 6.74. The minimum Gasteiger partial charge on any atom is -0.374 e. The van der Waals surface area contributed by atoms with Crippen LogP contribution in [0.15, 0.2) is 0 Å². The Kier molecular flexibility index (Phi) is 8.89. The predicted octanol–water partition coefficient (Wildman–Crippen LogP) is 1.71. The molecule has 0 spiro atoms. The summed E-state index contributed by atoms with van der Waals surface area (Å²) in [6, 6.07) is 0. The molecule has 0 N–H and O–H groups in total. The van der Waals surface area contributed by atoms with E-state index in [0.29, 0.717) is 13.2 Å². The summed E-state index contributed by atoms with van der Waals surface area (Å²) in [5, 5.41) is 0. The molecule has 0 aromatic rings. The zero-order valence-electron chi connectivity index (χ0n) is 9.71. The molecule has 0 saturated carbocycles. The van der Waals surface area contributed by atoms with Gasteiger partial charge in [0.1, 0.15) is 6.61 Å². The van der Waals surface area contributed by atoms with Crippen molar-refractivity contribution in [2.24, 2.45) is 0 Å². The number of rotatable bonds is 9. The molecule has 0 radical (unpaired) electrons. The molecule has 0 aromatic carbocycles. The summed E-state index contributed by atoms with van der Waals surface area (Å²) >= 11 is 0. The van der Waals surface area contributed by atoms with Crippen LogP contribution in [0.4, 0.5) is 0 Å². The Morgan fingerprint density at radius 3 is 2.14 bits per heavy atom. The maximum absolute atomic E-state index is 11.4. The first kappa shape index (κ1) is 13.6. The van der Waals surface area contributed by atoms with Crippen molar-refractivity contribution in [2.75, 3.05) is 32.8 Å². The quantitative estimate of drug-likeness (QED) is 0.569. The van der Waals surface area contributed by atoms with E-state index in [1.807, 2.05) is 6.92 Å². The minimum absolute atomic E-state index is 0.189. The normalized spacial score (nSPS) is 10.9. The van der Waals surface area contributed by atoms with E-state index in [0.717, 1.165) is 25.9 Å². The molecule has 0 aliphatic rings. The Balaban J connectivity index is 3.71. The van der Waals surface area contributed by atoms with Crippen LogP contribution < -0.4 is 0 Å². The molecule has 0 fully saturated rings. The van der Waals surface area contributed by atoms with Gasteiger partial charge in [0.2, 0.25) is 0 Å². The van der Waals surface area contributed by atoms with E-state index in [1.54, 1.807) is 0 Å². The van der Waals surface area contributed by atoms with Crippen molar-refractivity contribution in [3.8, 4) is 0 Å². The Hall–Kier alpha value is -0.410. The smallest absolute Gasteiger partial charge is 0.172 e. The van der Waals surface area contributed by atoms with Gasteiger partial charge in [0, 0.05) is 6.61 Å². The minimum atomic E-state index is 0.189. The number of nitrogens with zero attached hydrogens (tertiary/aromatic N) is 1. The highest BCUT2D eigenvalue weighted by Gasteiger charge is 2.08. The van der Waals surface area contributed by atoms with Crippen LogP contribution in [0, 0.1) is 0 Å². The van der Waals surface area contributed by atoms with Crippen molar-refractivity contribution in [2.45, 2.75) is 33.6 Å². The fraction of sp³-hybridized carbons (Fsp3) is 0.909. The average molecular weight is 201 g/mol. The number of carbonyl (C=O) groups is 1. The van der Waals surface area contributed by atoms with Gasteiger partial charge in [-0.25, -0.2) is 0 Å². The largest absolute Gasteiger partial charge is 0.374 e. The van der Waals surface area contributed by atoms with Gasteiger partial charge in [-0.15, -0.1) is 0 Å². The molecule has 3 heteroatoms. The number of Topliss-reactive ketones (excluding diaryl/α,β-unsaturated/α-hetero) is 1. The van der Waals surface area contributed by atoms with Gasteiger partial charge in [-0.2, -0.15) is 0 Å². The summed E-state index contributed by atoms with van der Waals surface area (Å²) in [5.74, 6) is 0.189. The predicted molar refractivity (Wildman–Crippen MR) is 58.5 cm³/mol. The van der Waals surface area contributed by atoms with Crippen molar-refractivity contribution in [1.29, 1.82) is 0 Å². The Morgan fingerprint density at radius 1 is 1.14 bits per heavy atom. The summed E-state index contributed by atoms with van der Waals surface area (Å²) in [5.41, 5.74) is 0. The molecular weight excluding hydrogens is 178 g/mol. The molecule has 0 saturated heterocycles. The van der Waals surface area contributed by atoms with E-state index in [9.17, 15) is 4.79 Å². The zero-order chi connectivity index (χ0) is 10.8. The first-order valence-electron chi connectivity index (χ1n) is 5.56. The van der Waals surface area contributed by atoms with Crippen LogP contribution in [-0.2, 0) is 9.53 Å². The van der Waals surface area contributed by atoms with Crippen LogP contribution in [0.25, 0.3) is 0 Å². The van der Waals surface area contributed by atoms with Crippen molar-refractivity contribution >= 4 is 5.78 Å². The summed E-state index contributed by atoms with van der Waals surface area (Å²) in [6.07, 6.45) is 2.20. The third-order valence-corrected chi connectivity index (χ3v) is 1.95. The second kappa shape index (κ2) is 9.16. The number of carbonyl (C=O) groups excluding carboxylic acids is 1. The van der Waals surface area contributed by atoms with Gasteiger partial charge >= 0.3 is 0 Å². The van der Waals surface area contributed by atoms with Crippen LogP contribution in [0.1, 0.15) is 33.6 Å². The second-order valence-corrected chi connectivity index (χ2v) is 3.45. The molecule has 0 aliphatic carbocycles. The van der Waals surface area contributed by atoms with Crippen molar-refractivity contribution < 1.29 is 9.53 Å². The molecule has 0 atom stereocenters. The summed E-state index contributed by atoms with van der Waals surface area (Å²) < 4.78 is 5.08. The van der Waals surface area contributed by atoms with Gasteiger partial charge in [-0.3, -0.25) is 9.69 Å². The van der Waals surface area contributed by atoms with Crippen molar-refractivity contribution in [3.05, 3.63) is 0 Å². The lowest BCUT2D eigenvalue weighted by atomic mass is 10.3. The monoisotopic (exact) mass is 201 g/mol. The van der Waals surface area contributed by atoms with E-state index in [1.165, 1.54) is 0 Å². The van der Waals surface area contributed by atoms with E-state index in [2.05, 4.69) is 18.7 Å².